The number of benzene rings is 2. The van der Waals surface area contributed by atoms with E-state index in [0.717, 1.165) is 5.56 Å². The number of rotatable bonds is 7. The molecule has 0 aliphatic carbocycles. The second-order valence-corrected chi connectivity index (χ2v) is 6.96. The minimum absolute atomic E-state index is 0.109. The highest BCUT2D eigenvalue weighted by Crippen LogP contribution is 2.11. The summed E-state index contributed by atoms with van der Waals surface area (Å²) in [6.07, 6.45) is 0. The molecule has 0 heterocycles. The van der Waals surface area contributed by atoms with Crippen LogP contribution >= 0.6 is 0 Å². The zero-order valence-corrected chi connectivity index (χ0v) is 14.4. The lowest BCUT2D eigenvalue weighted by molar-refractivity contribution is 0.0954. The van der Waals surface area contributed by atoms with Gasteiger partial charge in [0.25, 0.3) is 5.91 Å². The van der Waals surface area contributed by atoms with Crippen molar-refractivity contribution in [3.05, 3.63) is 59.7 Å². The molecule has 128 valence electrons. The van der Waals surface area contributed by atoms with Gasteiger partial charge in [0, 0.05) is 18.7 Å². The van der Waals surface area contributed by atoms with Crippen LogP contribution in [0.4, 0.5) is 0 Å². The monoisotopic (exact) mass is 348 g/mol. The maximum Gasteiger partial charge on any atom is 0.251 e. The maximum atomic E-state index is 12.1. The summed E-state index contributed by atoms with van der Waals surface area (Å²) in [6.45, 7) is 2.19. The van der Waals surface area contributed by atoms with Gasteiger partial charge in [0.2, 0.25) is 10.0 Å². The van der Waals surface area contributed by atoms with Crippen LogP contribution in [0.3, 0.4) is 0 Å². The van der Waals surface area contributed by atoms with Crippen molar-refractivity contribution in [1.29, 1.82) is 0 Å². The minimum atomic E-state index is -3.57. The number of hydrogen-bond donors (Lipinski definition) is 2. The molecule has 0 fully saturated rings. The van der Waals surface area contributed by atoms with E-state index in [4.69, 9.17) is 4.74 Å². The molecule has 0 unspecified atom stereocenters. The molecule has 0 saturated heterocycles. The average molecular weight is 348 g/mol. The van der Waals surface area contributed by atoms with E-state index < -0.39 is 10.0 Å². The number of hydrogen-bond acceptors (Lipinski definition) is 4. The van der Waals surface area contributed by atoms with Gasteiger partial charge in [0.05, 0.1) is 12.0 Å². The molecule has 0 atom stereocenters. The fourth-order valence-electron chi connectivity index (χ4n) is 2.01. The van der Waals surface area contributed by atoms with Crippen LogP contribution in [0, 0.1) is 6.92 Å². The molecule has 0 bridgehead atoms. The number of sulfonamides is 1. The Labute approximate surface area is 141 Å². The van der Waals surface area contributed by atoms with Gasteiger partial charge in [0.15, 0.2) is 0 Å². The molecule has 0 aromatic heterocycles. The van der Waals surface area contributed by atoms with Gasteiger partial charge in [-0.2, -0.15) is 0 Å². The van der Waals surface area contributed by atoms with Crippen LogP contribution in [-0.2, 0) is 10.0 Å². The molecular formula is C17H20N2O4S. The van der Waals surface area contributed by atoms with Gasteiger partial charge in [-0.25, -0.2) is 13.1 Å². The number of methoxy groups -OCH3 is 1. The first-order valence-corrected chi connectivity index (χ1v) is 8.89. The van der Waals surface area contributed by atoms with E-state index in [0.29, 0.717) is 11.3 Å². The highest BCUT2D eigenvalue weighted by Gasteiger charge is 2.13. The summed E-state index contributed by atoms with van der Waals surface area (Å²) >= 11 is 0. The normalized spacial score (nSPS) is 11.1. The topological polar surface area (TPSA) is 84.5 Å². The summed E-state index contributed by atoms with van der Waals surface area (Å²) in [5, 5.41) is 2.66. The van der Waals surface area contributed by atoms with Gasteiger partial charge in [-0.1, -0.05) is 17.7 Å². The van der Waals surface area contributed by atoms with Gasteiger partial charge in [-0.05, 0) is 43.3 Å². The van der Waals surface area contributed by atoms with Crippen molar-refractivity contribution in [3.63, 3.8) is 0 Å². The molecule has 2 rings (SSSR count). The summed E-state index contributed by atoms with van der Waals surface area (Å²) in [5.74, 6) is 0.393. The molecule has 0 aliphatic heterocycles. The molecule has 2 N–H and O–H groups in total. The fourth-order valence-corrected chi connectivity index (χ4v) is 3.04. The molecule has 0 aliphatic rings. The highest BCUT2D eigenvalue weighted by atomic mass is 32.2. The standard InChI is InChI=1S/C17H20N2O4S/c1-13-3-9-16(10-4-13)24(21,22)19-12-11-18-17(20)14-5-7-15(23-2)8-6-14/h3-10,19H,11-12H2,1-2H3,(H,18,20). The van der Waals surface area contributed by atoms with Crippen molar-refractivity contribution >= 4 is 15.9 Å². The summed E-state index contributed by atoms with van der Waals surface area (Å²) in [4.78, 5) is 12.2. The van der Waals surface area contributed by atoms with Crippen molar-refractivity contribution in [2.45, 2.75) is 11.8 Å². The third-order valence-electron chi connectivity index (χ3n) is 3.39. The molecule has 2 aromatic carbocycles. The zero-order valence-electron chi connectivity index (χ0n) is 13.6. The number of amides is 1. The average Bonchev–Trinajstić information content (AvgIpc) is 2.59. The largest absolute Gasteiger partial charge is 0.497 e. The Bertz CT molecular complexity index is 784. The van der Waals surface area contributed by atoms with Crippen molar-refractivity contribution in [2.24, 2.45) is 0 Å². The second-order valence-electron chi connectivity index (χ2n) is 5.20. The quantitative estimate of drug-likeness (QED) is 0.746. The van der Waals surface area contributed by atoms with Crippen LogP contribution in [0.1, 0.15) is 15.9 Å². The SMILES string of the molecule is COc1ccc(C(=O)NCCNS(=O)(=O)c2ccc(C)cc2)cc1. The van der Waals surface area contributed by atoms with Gasteiger partial charge in [0.1, 0.15) is 5.75 Å². The lowest BCUT2D eigenvalue weighted by Gasteiger charge is -2.09. The van der Waals surface area contributed by atoms with Gasteiger partial charge in [-0.15, -0.1) is 0 Å². The second kappa shape index (κ2) is 7.94. The maximum absolute atomic E-state index is 12.1. The Morgan fingerprint density at radius 3 is 2.21 bits per heavy atom. The van der Waals surface area contributed by atoms with E-state index in [1.165, 1.54) is 0 Å². The number of carbonyl (C=O) groups excluding carboxylic acids is 1. The molecule has 7 heteroatoms. The number of carbonyl (C=O) groups is 1. The van der Waals surface area contributed by atoms with Crippen LogP contribution in [0.5, 0.6) is 5.75 Å². The van der Waals surface area contributed by atoms with E-state index >= 15 is 0 Å². The van der Waals surface area contributed by atoms with Gasteiger partial charge < -0.3 is 10.1 Å². The third-order valence-corrected chi connectivity index (χ3v) is 4.86. The van der Waals surface area contributed by atoms with Crippen molar-refractivity contribution < 1.29 is 17.9 Å². The summed E-state index contributed by atoms with van der Waals surface area (Å²) < 4.78 is 31.7. The van der Waals surface area contributed by atoms with Gasteiger partial charge >= 0.3 is 0 Å². The van der Waals surface area contributed by atoms with E-state index in [-0.39, 0.29) is 23.9 Å². The summed E-state index contributed by atoms with van der Waals surface area (Å²) in [5.41, 5.74) is 1.47. The molecule has 0 radical (unpaired) electrons. The van der Waals surface area contributed by atoms with Crippen molar-refractivity contribution in [2.75, 3.05) is 20.2 Å². The Balaban J connectivity index is 1.83. The number of nitrogens with one attached hydrogen (secondary N) is 2. The summed E-state index contributed by atoms with van der Waals surface area (Å²) in [6, 6.07) is 13.2. The third kappa shape index (κ3) is 4.81. The van der Waals surface area contributed by atoms with Crippen LogP contribution in [0.2, 0.25) is 0 Å². The predicted octanol–water partition coefficient (Wildman–Crippen LogP) is 1.71. The van der Waals surface area contributed by atoms with Crippen LogP contribution < -0.4 is 14.8 Å². The van der Waals surface area contributed by atoms with Crippen LogP contribution in [-0.4, -0.2) is 34.5 Å². The Kier molecular flexibility index (Phi) is 5.94. The Morgan fingerprint density at radius 2 is 1.62 bits per heavy atom. The first kappa shape index (κ1) is 18.0. The highest BCUT2D eigenvalue weighted by molar-refractivity contribution is 7.89. The van der Waals surface area contributed by atoms with E-state index in [2.05, 4.69) is 10.0 Å². The smallest absolute Gasteiger partial charge is 0.251 e. The number of aryl methyl sites for hydroxylation is 1. The Morgan fingerprint density at radius 1 is 1.00 bits per heavy atom. The molecule has 0 saturated carbocycles. The van der Waals surface area contributed by atoms with E-state index in [1.807, 2.05) is 6.92 Å². The number of ether oxygens (including phenoxy) is 1. The Hall–Kier alpha value is -2.38. The molecule has 1 amide bonds. The zero-order chi connectivity index (χ0) is 17.6. The molecule has 6 nitrogen and oxygen atoms in total. The first-order valence-electron chi connectivity index (χ1n) is 7.41. The van der Waals surface area contributed by atoms with E-state index in [9.17, 15) is 13.2 Å². The lowest BCUT2D eigenvalue weighted by Crippen LogP contribution is -2.34. The van der Waals surface area contributed by atoms with Crippen LogP contribution in [0.25, 0.3) is 0 Å². The lowest BCUT2D eigenvalue weighted by atomic mass is 10.2. The fraction of sp³-hybridized carbons (Fsp3) is 0.235. The molecule has 24 heavy (non-hydrogen) atoms. The first-order chi connectivity index (χ1) is 11.4. The summed E-state index contributed by atoms with van der Waals surface area (Å²) in [7, 11) is -2.02. The molecule has 2 aromatic rings. The molecular weight excluding hydrogens is 328 g/mol. The predicted molar refractivity (Wildman–Crippen MR) is 91.7 cm³/mol. The minimum Gasteiger partial charge on any atom is -0.497 e. The van der Waals surface area contributed by atoms with E-state index in [1.54, 1.807) is 55.6 Å². The van der Waals surface area contributed by atoms with Gasteiger partial charge in [-0.3, -0.25) is 4.79 Å². The van der Waals surface area contributed by atoms with Crippen LogP contribution in [0.15, 0.2) is 53.4 Å². The van der Waals surface area contributed by atoms with Crippen molar-refractivity contribution in [3.8, 4) is 5.75 Å². The molecule has 0 spiro atoms. The van der Waals surface area contributed by atoms with Crippen molar-refractivity contribution in [1.82, 2.24) is 10.0 Å².